The molecule has 72 valence electrons. The van der Waals surface area contributed by atoms with Crippen LogP contribution in [0.5, 0.6) is 0 Å². The van der Waals surface area contributed by atoms with Crippen LogP contribution in [0.2, 0.25) is 10.2 Å². The Labute approximate surface area is 86.5 Å². The Morgan fingerprint density at radius 3 is 2.77 bits per heavy atom. The normalized spacial score (nSPS) is 12.9. The van der Waals surface area contributed by atoms with Crippen LogP contribution in [0.15, 0.2) is 12.3 Å². The molecule has 0 amide bonds. The second-order valence-electron chi connectivity index (χ2n) is 2.66. The van der Waals surface area contributed by atoms with Gasteiger partial charge >= 0.3 is 0 Å². The number of nitrogens with two attached hydrogens (primary N) is 1. The Morgan fingerprint density at radius 2 is 2.23 bits per heavy atom. The number of aromatic nitrogens is 1. The zero-order valence-corrected chi connectivity index (χ0v) is 8.39. The number of hydrogen-bond donors (Lipinski definition) is 2. The fourth-order valence-corrected chi connectivity index (χ4v) is 1.22. The van der Waals surface area contributed by atoms with Crippen molar-refractivity contribution in [3.63, 3.8) is 0 Å². The van der Waals surface area contributed by atoms with Crippen LogP contribution in [0.3, 0.4) is 0 Å². The molecular weight excluding hydrogens is 211 g/mol. The maximum Gasteiger partial charge on any atom is 0.147 e. The summed E-state index contributed by atoms with van der Waals surface area (Å²) in [7, 11) is 0. The minimum atomic E-state index is -0.243. The van der Waals surface area contributed by atoms with Crippen LogP contribution in [-0.4, -0.2) is 16.7 Å². The van der Waals surface area contributed by atoms with Gasteiger partial charge in [0.15, 0.2) is 0 Å². The average Bonchev–Trinajstić information content (AvgIpc) is 2.10. The quantitative estimate of drug-likeness (QED) is 0.764. The third-order valence-corrected chi connectivity index (χ3v) is 2.37. The summed E-state index contributed by atoms with van der Waals surface area (Å²) < 4.78 is 0. The minimum Gasteiger partial charge on any atom is -0.396 e. The van der Waals surface area contributed by atoms with Crippen molar-refractivity contribution in [2.45, 2.75) is 12.5 Å². The molecule has 0 aliphatic carbocycles. The van der Waals surface area contributed by atoms with E-state index in [1.54, 1.807) is 12.3 Å². The van der Waals surface area contributed by atoms with Crippen molar-refractivity contribution < 1.29 is 5.11 Å². The molecule has 3 N–H and O–H groups in total. The first-order valence-corrected chi connectivity index (χ1v) is 4.58. The van der Waals surface area contributed by atoms with E-state index in [1.807, 2.05) is 0 Å². The maximum atomic E-state index is 8.66. The molecule has 0 saturated heterocycles. The van der Waals surface area contributed by atoms with Crippen molar-refractivity contribution in [3.05, 3.63) is 28.0 Å². The Morgan fingerprint density at radius 1 is 1.54 bits per heavy atom. The Balaban J connectivity index is 2.84. The van der Waals surface area contributed by atoms with Crippen LogP contribution in [0.4, 0.5) is 0 Å². The van der Waals surface area contributed by atoms with Crippen molar-refractivity contribution in [2.24, 2.45) is 5.73 Å². The smallest absolute Gasteiger partial charge is 0.147 e. The van der Waals surface area contributed by atoms with Crippen molar-refractivity contribution in [1.82, 2.24) is 4.98 Å². The van der Waals surface area contributed by atoms with E-state index in [0.29, 0.717) is 11.4 Å². The monoisotopic (exact) mass is 220 g/mol. The lowest BCUT2D eigenvalue weighted by Crippen LogP contribution is -2.12. The topological polar surface area (TPSA) is 59.1 Å². The highest BCUT2D eigenvalue weighted by molar-refractivity contribution is 6.41. The Kier molecular flexibility index (Phi) is 3.93. The van der Waals surface area contributed by atoms with E-state index in [0.717, 1.165) is 5.56 Å². The first kappa shape index (κ1) is 10.7. The zero-order valence-electron chi connectivity index (χ0n) is 6.87. The van der Waals surface area contributed by atoms with Gasteiger partial charge in [-0.3, -0.25) is 0 Å². The predicted molar refractivity (Wildman–Crippen MR) is 52.9 cm³/mol. The van der Waals surface area contributed by atoms with Gasteiger partial charge in [-0.05, 0) is 18.1 Å². The van der Waals surface area contributed by atoms with Crippen LogP contribution >= 0.6 is 23.2 Å². The summed E-state index contributed by atoms with van der Waals surface area (Å²) >= 11 is 11.4. The molecule has 5 heteroatoms. The van der Waals surface area contributed by atoms with Crippen molar-refractivity contribution in [1.29, 1.82) is 0 Å². The van der Waals surface area contributed by atoms with E-state index in [1.165, 1.54) is 0 Å². The maximum absolute atomic E-state index is 8.66. The third-order valence-electron chi connectivity index (χ3n) is 1.69. The molecule has 0 aliphatic heterocycles. The van der Waals surface area contributed by atoms with Gasteiger partial charge in [-0.25, -0.2) is 4.98 Å². The van der Waals surface area contributed by atoms with Gasteiger partial charge < -0.3 is 10.8 Å². The second-order valence-corrected chi connectivity index (χ2v) is 3.43. The lowest BCUT2D eigenvalue weighted by Gasteiger charge is -2.09. The SMILES string of the molecule is NC(CCO)c1cnc(Cl)c(Cl)c1. The molecule has 1 unspecified atom stereocenters. The first-order chi connectivity index (χ1) is 6.15. The highest BCUT2D eigenvalue weighted by Crippen LogP contribution is 2.23. The number of nitrogens with zero attached hydrogens (tertiary/aromatic N) is 1. The number of aliphatic hydroxyl groups excluding tert-OH is 1. The standard InChI is InChI=1S/C8H10Cl2N2O/c9-6-3-5(4-12-8(6)10)7(11)1-2-13/h3-4,7,13H,1-2,11H2. The van der Waals surface area contributed by atoms with Crippen LogP contribution in [-0.2, 0) is 0 Å². The predicted octanol–water partition coefficient (Wildman–Crippen LogP) is 1.77. The summed E-state index contributed by atoms with van der Waals surface area (Å²) in [4.78, 5) is 3.85. The van der Waals surface area contributed by atoms with Gasteiger partial charge in [-0.15, -0.1) is 0 Å². The first-order valence-electron chi connectivity index (χ1n) is 3.82. The lowest BCUT2D eigenvalue weighted by atomic mass is 10.1. The van der Waals surface area contributed by atoms with Crippen LogP contribution in [0, 0.1) is 0 Å². The molecule has 0 aromatic carbocycles. The minimum absolute atomic E-state index is 0.0431. The molecule has 0 saturated carbocycles. The highest BCUT2D eigenvalue weighted by Gasteiger charge is 2.07. The Bertz CT molecular complexity index is 293. The molecule has 1 rings (SSSR count). The summed E-state index contributed by atoms with van der Waals surface area (Å²) in [6.07, 6.45) is 2.05. The van der Waals surface area contributed by atoms with Gasteiger partial charge in [0.05, 0.1) is 5.02 Å². The van der Waals surface area contributed by atoms with Crippen LogP contribution in [0.1, 0.15) is 18.0 Å². The van der Waals surface area contributed by atoms with Gasteiger partial charge in [-0.2, -0.15) is 0 Å². The molecule has 1 aromatic rings. The molecular formula is C8H10Cl2N2O. The number of aliphatic hydroxyl groups is 1. The molecule has 0 aliphatic rings. The summed E-state index contributed by atoms with van der Waals surface area (Å²) in [6, 6.07) is 1.42. The van der Waals surface area contributed by atoms with E-state index in [2.05, 4.69) is 4.98 Å². The lowest BCUT2D eigenvalue weighted by molar-refractivity contribution is 0.276. The summed E-state index contributed by atoms with van der Waals surface area (Å²) in [5.74, 6) is 0. The fraction of sp³-hybridized carbons (Fsp3) is 0.375. The van der Waals surface area contributed by atoms with E-state index >= 15 is 0 Å². The van der Waals surface area contributed by atoms with Crippen LogP contribution in [0.25, 0.3) is 0 Å². The molecule has 0 radical (unpaired) electrons. The van der Waals surface area contributed by atoms with Gasteiger partial charge in [0.1, 0.15) is 5.15 Å². The van der Waals surface area contributed by atoms with Crippen LogP contribution < -0.4 is 5.73 Å². The van der Waals surface area contributed by atoms with Gasteiger partial charge in [0, 0.05) is 18.8 Å². The van der Waals surface area contributed by atoms with Crippen molar-refractivity contribution in [3.8, 4) is 0 Å². The number of halogens is 2. The van der Waals surface area contributed by atoms with E-state index < -0.39 is 0 Å². The molecule has 0 bridgehead atoms. The number of hydrogen-bond acceptors (Lipinski definition) is 3. The van der Waals surface area contributed by atoms with Crippen molar-refractivity contribution in [2.75, 3.05) is 6.61 Å². The van der Waals surface area contributed by atoms with E-state index in [9.17, 15) is 0 Å². The Hall–Kier alpha value is -0.350. The number of pyridine rings is 1. The van der Waals surface area contributed by atoms with E-state index in [-0.39, 0.29) is 17.8 Å². The van der Waals surface area contributed by atoms with Crippen molar-refractivity contribution >= 4 is 23.2 Å². The third kappa shape index (κ3) is 2.81. The molecule has 1 atom stereocenters. The summed E-state index contributed by atoms with van der Waals surface area (Å²) in [6.45, 7) is 0.0431. The molecule has 13 heavy (non-hydrogen) atoms. The van der Waals surface area contributed by atoms with Gasteiger partial charge in [0.25, 0.3) is 0 Å². The fourth-order valence-electron chi connectivity index (χ4n) is 0.945. The summed E-state index contributed by atoms with van der Waals surface area (Å²) in [5, 5.41) is 9.31. The number of rotatable bonds is 3. The highest BCUT2D eigenvalue weighted by atomic mass is 35.5. The molecule has 0 spiro atoms. The summed E-state index contributed by atoms with van der Waals surface area (Å²) in [5.41, 5.74) is 6.50. The average molecular weight is 221 g/mol. The van der Waals surface area contributed by atoms with Gasteiger partial charge in [0.2, 0.25) is 0 Å². The zero-order chi connectivity index (χ0) is 9.84. The molecule has 3 nitrogen and oxygen atoms in total. The van der Waals surface area contributed by atoms with E-state index in [4.69, 9.17) is 34.0 Å². The second kappa shape index (κ2) is 4.77. The molecule has 1 heterocycles. The largest absolute Gasteiger partial charge is 0.396 e. The molecule has 1 aromatic heterocycles. The van der Waals surface area contributed by atoms with Gasteiger partial charge in [-0.1, -0.05) is 23.2 Å². The molecule has 0 fully saturated rings.